The van der Waals surface area contributed by atoms with Crippen LogP contribution in [-0.2, 0) is 16.0 Å². The van der Waals surface area contributed by atoms with E-state index < -0.39 is 5.60 Å². The van der Waals surface area contributed by atoms with Crippen molar-refractivity contribution in [3.8, 4) is 0 Å². The molecular formula is C38H56I3NO3. The van der Waals surface area contributed by atoms with E-state index in [1.165, 1.54) is 47.7 Å². The van der Waals surface area contributed by atoms with E-state index in [1.54, 1.807) is 5.57 Å². The Morgan fingerprint density at radius 2 is 1.84 bits per heavy atom. The molecule has 1 aromatic carbocycles. The molecule has 0 saturated heterocycles. The second-order valence-electron chi connectivity index (χ2n) is 16.3. The average Bonchev–Trinajstić information content (AvgIpc) is 3.33. The minimum absolute atomic E-state index is 0.00294. The van der Waals surface area contributed by atoms with Crippen LogP contribution in [0.4, 0.5) is 5.69 Å². The highest BCUT2D eigenvalue weighted by Crippen LogP contribution is 2.67. The lowest BCUT2D eigenvalue weighted by atomic mass is 9.47. The van der Waals surface area contributed by atoms with Crippen molar-refractivity contribution in [1.82, 2.24) is 0 Å². The molecule has 4 aliphatic carbocycles. The first-order valence-corrected chi connectivity index (χ1v) is 20.9. The molecule has 0 spiro atoms. The van der Waals surface area contributed by atoms with Gasteiger partial charge in [-0.2, -0.15) is 0 Å². The van der Waals surface area contributed by atoms with E-state index in [2.05, 4.69) is 108 Å². The van der Waals surface area contributed by atoms with Gasteiger partial charge in [0.2, 0.25) is 0 Å². The highest BCUT2D eigenvalue weighted by Gasteiger charge is 2.59. The van der Waals surface area contributed by atoms with Crippen molar-refractivity contribution in [2.45, 2.75) is 137 Å². The summed E-state index contributed by atoms with van der Waals surface area (Å²) in [4.78, 5) is 13.6. The van der Waals surface area contributed by atoms with E-state index in [1.807, 2.05) is 13.8 Å². The first kappa shape index (κ1) is 36.7. The second kappa shape index (κ2) is 14.3. The predicted molar refractivity (Wildman–Crippen MR) is 211 cm³/mol. The zero-order valence-corrected chi connectivity index (χ0v) is 34.8. The summed E-state index contributed by atoms with van der Waals surface area (Å²) in [6.07, 6.45) is 17.0. The molecular weight excluding hydrogens is 899 g/mol. The van der Waals surface area contributed by atoms with Crippen LogP contribution in [0.15, 0.2) is 17.7 Å². The number of nitrogen functional groups attached to an aromatic ring is 1. The van der Waals surface area contributed by atoms with Gasteiger partial charge in [0, 0.05) is 17.1 Å². The van der Waals surface area contributed by atoms with Gasteiger partial charge in [-0.1, -0.05) is 52.2 Å². The number of nitrogens with two attached hydrogens (primary N) is 1. The van der Waals surface area contributed by atoms with Gasteiger partial charge < -0.3 is 15.6 Å². The quantitative estimate of drug-likeness (QED) is 0.106. The monoisotopic (exact) mass is 955 g/mol. The highest BCUT2D eigenvalue weighted by atomic mass is 127. The molecule has 3 N–H and O–H groups in total. The summed E-state index contributed by atoms with van der Waals surface area (Å²) in [6, 6.07) is 2.12. The van der Waals surface area contributed by atoms with E-state index in [0.29, 0.717) is 11.8 Å². The molecule has 0 aliphatic heterocycles. The summed E-state index contributed by atoms with van der Waals surface area (Å²) in [5.41, 5.74) is 10.1. The summed E-state index contributed by atoms with van der Waals surface area (Å²) in [6.45, 7) is 13.7. The molecule has 7 heteroatoms. The van der Waals surface area contributed by atoms with E-state index in [9.17, 15) is 9.90 Å². The van der Waals surface area contributed by atoms with Crippen molar-refractivity contribution in [2.75, 3.05) is 5.73 Å². The number of benzene rings is 1. The highest BCUT2D eigenvalue weighted by molar-refractivity contribution is 14.1. The van der Waals surface area contributed by atoms with Gasteiger partial charge in [0.15, 0.2) is 0 Å². The second-order valence-corrected chi connectivity index (χ2v) is 19.7. The van der Waals surface area contributed by atoms with E-state index >= 15 is 0 Å². The Labute approximate surface area is 314 Å². The van der Waals surface area contributed by atoms with Gasteiger partial charge in [-0.05, 0) is 198 Å². The number of rotatable bonds is 10. The summed E-state index contributed by atoms with van der Waals surface area (Å²) in [5.74, 6) is 3.74. The number of hydrogen-bond donors (Lipinski definition) is 2. The zero-order chi connectivity index (χ0) is 32.9. The lowest BCUT2D eigenvalue weighted by Crippen LogP contribution is -2.51. The van der Waals surface area contributed by atoms with Gasteiger partial charge in [-0.3, -0.25) is 4.79 Å². The van der Waals surface area contributed by atoms with Crippen molar-refractivity contribution >= 4 is 79.4 Å². The summed E-state index contributed by atoms with van der Waals surface area (Å²) >= 11 is 7.01. The molecule has 45 heavy (non-hydrogen) atoms. The Kier molecular flexibility index (Phi) is 11.7. The third-order valence-electron chi connectivity index (χ3n) is 13.1. The first-order chi connectivity index (χ1) is 21.1. The first-order valence-electron chi connectivity index (χ1n) is 17.6. The number of carbonyl (C=O) groups is 1. The largest absolute Gasteiger partial charge is 0.462 e. The summed E-state index contributed by atoms with van der Waals surface area (Å²) in [5, 5.41) is 10.2. The van der Waals surface area contributed by atoms with Crippen LogP contribution in [0.1, 0.15) is 124 Å². The standard InChI is InChI=1S/C38H56I3NO3/c1-7-23(19-27-31(39)21-32(40)34(42)33(27)41)35(43)45-25-14-17-37(5)24(20-25)10-11-26-29-13-12-28(38(29,6)18-15-30(26)37)22(2)9-8-16-36(3,4)44/h10,21-23,25-26,28-30,44H,7-9,11-20,42H2,1-6H3/t22-,23?,25+,26+,28-,29+,30+,37+,38-/m1/s1. The fourth-order valence-electron chi connectivity index (χ4n) is 10.5. The summed E-state index contributed by atoms with van der Waals surface area (Å²) in [7, 11) is 0. The number of hydrogen-bond acceptors (Lipinski definition) is 4. The Bertz CT molecular complexity index is 1290. The van der Waals surface area contributed by atoms with Crippen LogP contribution in [0.25, 0.3) is 0 Å². The van der Waals surface area contributed by atoms with Crippen LogP contribution in [0.3, 0.4) is 0 Å². The number of fused-ring (bicyclic) bond motifs is 5. The molecule has 252 valence electrons. The molecule has 1 aromatic rings. The SMILES string of the molecule is CCC(Cc1c(I)cc(I)c(N)c1I)C(=O)O[C@H]1CC[C@@]2(C)C(=CC[C@H]3[C@@H]4CC[C@H]([C@H](C)CCCC(C)(C)O)[C@@]4(C)CC[C@@H]32)C1. The number of anilines is 1. The average molecular weight is 956 g/mol. The van der Waals surface area contributed by atoms with Gasteiger partial charge in [0.25, 0.3) is 0 Å². The number of halogens is 3. The van der Waals surface area contributed by atoms with E-state index in [-0.39, 0.29) is 23.4 Å². The van der Waals surface area contributed by atoms with Crippen molar-refractivity contribution in [3.05, 3.63) is 34.0 Å². The minimum atomic E-state index is -0.551. The number of esters is 1. The smallest absolute Gasteiger partial charge is 0.309 e. The molecule has 5 rings (SSSR count). The topological polar surface area (TPSA) is 72.6 Å². The van der Waals surface area contributed by atoms with Crippen LogP contribution in [0.2, 0.25) is 0 Å². The third-order valence-corrected chi connectivity index (χ3v) is 16.2. The fraction of sp³-hybridized carbons (Fsp3) is 0.763. The molecule has 3 fully saturated rings. The molecule has 1 unspecified atom stereocenters. The molecule has 4 aliphatic rings. The van der Waals surface area contributed by atoms with Crippen LogP contribution in [0.5, 0.6) is 0 Å². The molecule has 3 saturated carbocycles. The zero-order valence-electron chi connectivity index (χ0n) is 28.4. The van der Waals surface area contributed by atoms with Gasteiger partial charge in [-0.15, -0.1) is 0 Å². The number of aliphatic hydroxyl groups is 1. The van der Waals surface area contributed by atoms with Crippen molar-refractivity contribution in [2.24, 2.45) is 46.3 Å². The minimum Gasteiger partial charge on any atom is -0.462 e. The normalized spacial score (nSPS) is 34.3. The molecule has 4 nitrogen and oxygen atoms in total. The summed E-state index contributed by atoms with van der Waals surface area (Å²) < 4.78 is 9.64. The van der Waals surface area contributed by atoms with Crippen LogP contribution < -0.4 is 5.73 Å². The Morgan fingerprint density at radius 3 is 2.53 bits per heavy atom. The predicted octanol–water partition coefficient (Wildman–Crippen LogP) is 10.7. The van der Waals surface area contributed by atoms with Gasteiger partial charge in [0.1, 0.15) is 6.10 Å². The molecule has 0 radical (unpaired) electrons. The number of carbonyl (C=O) groups excluding carboxylic acids is 1. The molecule has 9 atom stereocenters. The van der Waals surface area contributed by atoms with Crippen molar-refractivity contribution in [1.29, 1.82) is 0 Å². The maximum atomic E-state index is 13.6. The maximum absolute atomic E-state index is 13.6. The Morgan fingerprint density at radius 1 is 1.11 bits per heavy atom. The van der Waals surface area contributed by atoms with Crippen LogP contribution >= 0.6 is 67.8 Å². The molecule has 0 amide bonds. The van der Waals surface area contributed by atoms with Gasteiger partial charge in [0.05, 0.1) is 17.2 Å². The van der Waals surface area contributed by atoms with Crippen LogP contribution in [0, 0.1) is 57.0 Å². The van der Waals surface area contributed by atoms with Gasteiger partial charge >= 0.3 is 5.97 Å². The van der Waals surface area contributed by atoms with Crippen molar-refractivity contribution in [3.63, 3.8) is 0 Å². The molecule has 0 heterocycles. The Hall–Kier alpha value is 0.380. The Balaban J connectivity index is 1.22. The molecule has 0 aromatic heterocycles. The van der Waals surface area contributed by atoms with Crippen molar-refractivity contribution < 1.29 is 14.6 Å². The van der Waals surface area contributed by atoms with Gasteiger partial charge in [-0.25, -0.2) is 0 Å². The molecule has 0 bridgehead atoms. The number of ether oxygens (including phenoxy) is 1. The third kappa shape index (κ3) is 7.46. The van der Waals surface area contributed by atoms with E-state index in [0.717, 1.165) is 80.9 Å². The fourth-order valence-corrected chi connectivity index (χ4v) is 14.3. The lowest BCUT2D eigenvalue weighted by Gasteiger charge is -2.58. The van der Waals surface area contributed by atoms with Crippen LogP contribution in [-0.4, -0.2) is 22.8 Å². The maximum Gasteiger partial charge on any atom is 0.309 e. The van der Waals surface area contributed by atoms with E-state index in [4.69, 9.17) is 10.5 Å². The lowest BCUT2D eigenvalue weighted by molar-refractivity contribution is -0.156. The number of allylic oxidation sites excluding steroid dienone is 1.